The maximum Gasteiger partial charge on any atom is 0.288 e. The van der Waals surface area contributed by atoms with E-state index >= 15 is 0 Å². The van der Waals surface area contributed by atoms with Gasteiger partial charge in [-0.1, -0.05) is 31.5 Å². The van der Waals surface area contributed by atoms with Crippen LogP contribution in [0.4, 0.5) is 5.69 Å². The van der Waals surface area contributed by atoms with Crippen molar-refractivity contribution in [3.8, 4) is 11.3 Å². The number of nitrogens with one attached hydrogen (secondary N) is 1. The summed E-state index contributed by atoms with van der Waals surface area (Å²) < 4.78 is 0. The Morgan fingerprint density at radius 3 is 2.90 bits per heavy atom. The highest BCUT2D eigenvalue weighted by Gasteiger charge is 2.15. The molecule has 106 valence electrons. The first-order valence-corrected chi connectivity index (χ1v) is 7.35. The van der Waals surface area contributed by atoms with E-state index < -0.39 is 4.92 Å². The van der Waals surface area contributed by atoms with Gasteiger partial charge in [-0.25, -0.2) is 4.98 Å². The molecule has 0 radical (unpaired) electrons. The number of thiazole rings is 1. The second-order valence-electron chi connectivity index (χ2n) is 4.59. The van der Waals surface area contributed by atoms with Crippen LogP contribution in [0.5, 0.6) is 0 Å². The summed E-state index contributed by atoms with van der Waals surface area (Å²) >= 11 is 7.33. The summed E-state index contributed by atoms with van der Waals surface area (Å²) in [5.41, 5.74) is 1.34. The quantitative estimate of drug-likeness (QED) is 0.672. The van der Waals surface area contributed by atoms with Crippen molar-refractivity contribution in [2.24, 2.45) is 0 Å². The zero-order chi connectivity index (χ0) is 14.7. The van der Waals surface area contributed by atoms with Gasteiger partial charge >= 0.3 is 0 Å². The second-order valence-corrected chi connectivity index (χ2v) is 5.94. The number of nitrogens with zero attached hydrogens (tertiary/aromatic N) is 2. The van der Waals surface area contributed by atoms with Gasteiger partial charge in [-0.2, -0.15) is 0 Å². The fraction of sp³-hybridized carbons (Fsp3) is 0.308. The number of rotatable bonds is 5. The normalized spacial score (nSPS) is 11.0. The monoisotopic (exact) mass is 311 g/mol. The molecule has 1 aromatic carbocycles. The lowest BCUT2D eigenvalue weighted by atomic mass is 10.1. The molecular formula is C13H14ClN3O2S. The summed E-state index contributed by atoms with van der Waals surface area (Å²) in [6.07, 6.45) is 0. The maximum atomic E-state index is 10.9. The van der Waals surface area contributed by atoms with Crippen molar-refractivity contribution in [1.82, 2.24) is 10.3 Å². The minimum Gasteiger partial charge on any atom is -0.308 e. The maximum absolute atomic E-state index is 10.9. The molecule has 0 saturated heterocycles. The molecule has 0 saturated carbocycles. The van der Waals surface area contributed by atoms with Crippen molar-refractivity contribution in [2.45, 2.75) is 26.4 Å². The highest BCUT2D eigenvalue weighted by molar-refractivity contribution is 7.09. The van der Waals surface area contributed by atoms with Gasteiger partial charge in [0.25, 0.3) is 5.69 Å². The lowest BCUT2D eigenvalue weighted by Crippen LogP contribution is -2.21. The standard InChI is InChI=1S/C13H14ClN3O2S/c1-8(2)15-6-13-16-11(7-20-13)9-3-4-10(14)12(5-9)17(18)19/h3-5,7-8,15H,6H2,1-2H3. The number of halogens is 1. The van der Waals surface area contributed by atoms with Gasteiger partial charge in [-0.05, 0) is 6.07 Å². The Labute approximate surface area is 125 Å². The molecule has 0 aliphatic rings. The van der Waals surface area contributed by atoms with E-state index in [1.165, 1.54) is 23.5 Å². The molecule has 2 rings (SSSR count). The summed E-state index contributed by atoms with van der Waals surface area (Å²) in [6, 6.07) is 5.11. The van der Waals surface area contributed by atoms with Gasteiger partial charge in [-0.15, -0.1) is 11.3 Å². The Morgan fingerprint density at radius 1 is 1.50 bits per heavy atom. The van der Waals surface area contributed by atoms with Gasteiger partial charge in [0.2, 0.25) is 0 Å². The van der Waals surface area contributed by atoms with Gasteiger partial charge in [0.05, 0.1) is 10.6 Å². The van der Waals surface area contributed by atoms with Crippen LogP contribution in [0.1, 0.15) is 18.9 Å². The molecule has 1 heterocycles. The fourth-order valence-electron chi connectivity index (χ4n) is 1.63. The van der Waals surface area contributed by atoms with Crippen LogP contribution in [-0.2, 0) is 6.54 Å². The molecule has 1 N–H and O–H groups in total. The van der Waals surface area contributed by atoms with Gasteiger partial charge in [0.1, 0.15) is 10.0 Å². The Kier molecular flexibility index (Phi) is 4.69. The predicted octanol–water partition coefficient (Wildman–Crippen LogP) is 3.87. The van der Waals surface area contributed by atoms with E-state index in [0.717, 1.165) is 10.7 Å². The zero-order valence-electron chi connectivity index (χ0n) is 11.1. The molecule has 2 aromatic rings. The van der Waals surface area contributed by atoms with Crippen LogP contribution in [-0.4, -0.2) is 15.9 Å². The van der Waals surface area contributed by atoms with E-state index in [1.54, 1.807) is 6.07 Å². The highest BCUT2D eigenvalue weighted by atomic mass is 35.5. The van der Waals surface area contributed by atoms with E-state index in [1.807, 2.05) is 5.38 Å². The first kappa shape index (κ1) is 14.9. The topological polar surface area (TPSA) is 68.1 Å². The summed E-state index contributed by atoms with van der Waals surface area (Å²) in [5.74, 6) is 0. The van der Waals surface area contributed by atoms with Crippen LogP contribution < -0.4 is 5.32 Å². The minimum atomic E-state index is -0.487. The van der Waals surface area contributed by atoms with E-state index in [-0.39, 0.29) is 10.7 Å². The van der Waals surface area contributed by atoms with Crippen LogP contribution in [0.2, 0.25) is 5.02 Å². The van der Waals surface area contributed by atoms with Crippen LogP contribution in [0.3, 0.4) is 0 Å². The summed E-state index contributed by atoms with van der Waals surface area (Å²) in [4.78, 5) is 14.9. The number of nitro groups is 1. The van der Waals surface area contributed by atoms with Crippen LogP contribution in [0.15, 0.2) is 23.6 Å². The average molecular weight is 312 g/mol. The minimum absolute atomic E-state index is 0.0981. The van der Waals surface area contributed by atoms with Gasteiger partial charge in [0.15, 0.2) is 0 Å². The predicted molar refractivity (Wildman–Crippen MR) is 81.2 cm³/mol. The first-order chi connectivity index (χ1) is 9.47. The molecule has 0 spiro atoms. The van der Waals surface area contributed by atoms with Crippen LogP contribution in [0, 0.1) is 10.1 Å². The molecule has 0 atom stereocenters. The van der Waals surface area contributed by atoms with Crippen LogP contribution in [0.25, 0.3) is 11.3 Å². The van der Waals surface area contributed by atoms with Gasteiger partial charge in [0, 0.05) is 29.6 Å². The first-order valence-electron chi connectivity index (χ1n) is 6.09. The average Bonchev–Trinajstić information content (AvgIpc) is 2.85. The van der Waals surface area contributed by atoms with E-state index in [9.17, 15) is 10.1 Å². The molecular weight excluding hydrogens is 298 g/mol. The Morgan fingerprint density at radius 2 is 2.25 bits per heavy atom. The van der Waals surface area contributed by atoms with Crippen molar-refractivity contribution in [3.05, 3.63) is 43.7 Å². The van der Waals surface area contributed by atoms with Crippen molar-refractivity contribution in [2.75, 3.05) is 0 Å². The third-order valence-corrected chi connectivity index (χ3v) is 3.82. The second kappa shape index (κ2) is 6.30. The third-order valence-electron chi connectivity index (χ3n) is 2.65. The van der Waals surface area contributed by atoms with Crippen LogP contribution >= 0.6 is 22.9 Å². The molecule has 0 bridgehead atoms. The van der Waals surface area contributed by atoms with Gasteiger partial charge < -0.3 is 5.32 Å². The summed E-state index contributed by atoms with van der Waals surface area (Å²) in [5, 5.41) is 17.1. The van der Waals surface area contributed by atoms with Crippen molar-refractivity contribution in [3.63, 3.8) is 0 Å². The molecule has 0 unspecified atom stereocenters. The third kappa shape index (κ3) is 3.53. The molecule has 7 heteroatoms. The number of benzene rings is 1. The lowest BCUT2D eigenvalue weighted by molar-refractivity contribution is -0.384. The molecule has 0 amide bonds. The lowest BCUT2D eigenvalue weighted by Gasteiger charge is -2.04. The molecule has 20 heavy (non-hydrogen) atoms. The molecule has 0 fully saturated rings. The number of aromatic nitrogens is 1. The Hall–Kier alpha value is -1.50. The largest absolute Gasteiger partial charge is 0.308 e. The van der Waals surface area contributed by atoms with Crippen molar-refractivity contribution in [1.29, 1.82) is 0 Å². The molecule has 5 nitrogen and oxygen atoms in total. The smallest absolute Gasteiger partial charge is 0.288 e. The fourth-order valence-corrected chi connectivity index (χ4v) is 2.57. The SMILES string of the molecule is CC(C)NCc1nc(-c2ccc(Cl)c([N+](=O)[O-])c2)cs1. The van der Waals surface area contributed by atoms with Crippen molar-refractivity contribution >= 4 is 28.6 Å². The van der Waals surface area contributed by atoms with E-state index in [0.29, 0.717) is 18.2 Å². The summed E-state index contributed by atoms with van der Waals surface area (Å²) in [7, 11) is 0. The van der Waals surface area contributed by atoms with Crippen molar-refractivity contribution < 1.29 is 4.92 Å². The summed E-state index contributed by atoms with van der Waals surface area (Å²) in [6.45, 7) is 4.83. The highest BCUT2D eigenvalue weighted by Crippen LogP contribution is 2.30. The zero-order valence-corrected chi connectivity index (χ0v) is 12.7. The van der Waals surface area contributed by atoms with E-state index in [2.05, 4.69) is 24.1 Å². The molecule has 0 aliphatic carbocycles. The number of hydrogen-bond donors (Lipinski definition) is 1. The van der Waals surface area contributed by atoms with E-state index in [4.69, 9.17) is 11.6 Å². The molecule has 1 aromatic heterocycles. The molecule has 0 aliphatic heterocycles. The van der Waals surface area contributed by atoms with Gasteiger partial charge in [-0.3, -0.25) is 10.1 Å². The Balaban J connectivity index is 2.24. The number of hydrogen-bond acceptors (Lipinski definition) is 5. The number of nitro benzene ring substituents is 1. The Bertz CT molecular complexity index is 628.